The van der Waals surface area contributed by atoms with E-state index in [2.05, 4.69) is 277 Å². The summed E-state index contributed by atoms with van der Waals surface area (Å²) >= 11 is 0. The first kappa shape index (κ1) is 47.0. The molecule has 3 nitrogen and oxygen atoms in total. The second-order valence-corrected chi connectivity index (χ2v) is 27.9. The molecule has 368 valence electrons. The average Bonchev–Trinajstić information content (AvgIpc) is 4.28. The first-order valence-electron chi connectivity index (χ1n) is 27.0. The lowest BCUT2D eigenvalue weighted by molar-refractivity contribution is 0.590. The molecule has 75 heavy (non-hydrogen) atoms. The van der Waals surface area contributed by atoms with Crippen molar-refractivity contribution in [2.24, 2.45) is 0 Å². The van der Waals surface area contributed by atoms with Gasteiger partial charge in [0.2, 0.25) is 0 Å². The second-order valence-electron chi connectivity index (χ2n) is 23.4. The molecule has 1 heterocycles. The lowest BCUT2D eigenvalue weighted by atomic mass is 9.70. The molecule has 0 radical (unpaired) electrons. The molecular weight excluding hydrogens is 941 g/mol. The fourth-order valence-electron chi connectivity index (χ4n) is 12.6. The van der Waals surface area contributed by atoms with E-state index in [-0.39, 0.29) is 20.3 Å². The molecular formula is C70H64N2OSi2. The van der Waals surface area contributed by atoms with Crippen LogP contribution in [0.3, 0.4) is 0 Å². The maximum absolute atomic E-state index is 7.51. The summed E-state index contributed by atoms with van der Waals surface area (Å²) in [7, 11) is -1.42. The van der Waals surface area contributed by atoms with Crippen LogP contribution < -0.4 is 20.2 Å². The molecule has 0 aliphatic heterocycles. The Kier molecular flexibility index (Phi) is 10.9. The van der Waals surface area contributed by atoms with E-state index < -0.39 is 14.2 Å². The zero-order valence-corrected chi connectivity index (χ0v) is 47.3. The average molecular weight is 1010 g/mol. The van der Waals surface area contributed by atoms with Gasteiger partial charge in [-0.3, -0.25) is 0 Å². The smallest absolute Gasteiger partial charge is 0.145 e. The number of fused-ring (bicyclic) bond motifs is 16. The Balaban J connectivity index is 1.19. The van der Waals surface area contributed by atoms with Crippen LogP contribution in [0.1, 0.15) is 74.9 Å². The lowest BCUT2D eigenvalue weighted by Crippen LogP contribution is -2.27. The van der Waals surface area contributed by atoms with Gasteiger partial charge in [0.15, 0.2) is 0 Å². The number of hydrogen-bond acceptors (Lipinski definition) is 3. The van der Waals surface area contributed by atoms with Crippen LogP contribution >= 0.6 is 0 Å². The standard InChI is InChI=1S/C70H64N2OSi2/c1-68(2,3)44-26-30-46(31-27-44)71(48-34-38-50(74-7)39-35-48)61-42-59-64(55-21-11-10-20-54(55)61)66-60(70(59)57-23-15-12-18-52(57)53-19-13-16-24-58(53)70)43-62(65-56-22-14-17-25-63(56)73-67(65)66)72(49-36-40-51(41-37-49)75(8)9)47-32-28-45(29-33-47)69(4,5)6/h10-43,75H,74H2,1-9H3. The Morgan fingerprint density at radius 3 is 1.41 bits per heavy atom. The minimum atomic E-state index is -1.07. The molecule has 2 aliphatic rings. The highest BCUT2D eigenvalue weighted by atomic mass is 28.3. The van der Waals surface area contributed by atoms with Gasteiger partial charge in [-0.2, -0.15) is 0 Å². The Hall–Kier alpha value is -7.71. The van der Waals surface area contributed by atoms with E-state index in [9.17, 15) is 0 Å². The topological polar surface area (TPSA) is 19.6 Å². The summed E-state index contributed by atoms with van der Waals surface area (Å²) in [6.45, 7) is 21.0. The molecule has 11 aromatic rings. The van der Waals surface area contributed by atoms with Crippen LogP contribution in [0.15, 0.2) is 211 Å². The number of benzene rings is 10. The van der Waals surface area contributed by atoms with Gasteiger partial charge in [0.05, 0.1) is 40.5 Å². The maximum atomic E-state index is 7.51. The van der Waals surface area contributed by atoms with Crippen LogP contribution in [0.2, 0.25) is 19.6 Å². The molecule has 13 rings (SSSR count). The van der Waals surface area contributed by atoms with Crippen molar-refractivity contribution >= 4 is 95.5 Å². The molecule has 1 aromatic heterocycles. The highest BCUT2D eigenvalue weighted by Crippen LogP contribution is 2.67. The highest BCUT2D eigenvalue weighted by Gasteiger charge is 2.54. The molecule has 5 heteroatoms. The third kappa shape index (κ3) is 7.26. The summed E-state index contributed by atoms with van der Waals surface area (Å²) in [6, 6.07) is 78.9. The summed E-state index contributed by atoms with van der Waals surface area (Å²) in [4.78, 5) is 5.04. The third-order valence-electron chi connectivity index (χ3n) is 16.5. The Morgan fingerprint density at radius 1 is 0.440 bits per heavy atom. The number of hydrogen-bond donors (Lipinski definition) is 0. The van der Waals surface area contributed by atoms with Gasteiger partial charge >= 0.3 is 0 Å². The Labute approximate surface area is 446 Å². The fourth-order valence-corrected chi connectivity index (χ4v) is 14.3. The second kappa shape index (κ2) is 17.4. The fraction of sp³-hybridized carbons (Fsp3) is 0.171. The van der Waals surface area contributed by atoms with Crippen molar-refractivity contribution in [3.63, 3.8) is 0 Å². The van der Waals surface area contributed by atoms with Gasteiger partial charge < -0.3 is 14.2 Å². The zero-order valence-electron chi connectivity index (χ0n) is 44.7. The molecule has 0 N–H and O–H groups in total. The molecule has 0 atom stereocenters. The van der Waals surface area contributed by atoms with Gasteiger partial charge in [-0.15, -0.1) is 0 Å². The van der Waals surface area contributed by atoms with E-state index >= 15 is 0 Å². The van der Waals surface area contributed by atoms with Gasteiger partial charge in [0.1, 0.15) is 11.2 Å². The van der Waals surface area contributed by atoms with Crippen molar-refractivity contribution < 1.29 is 4.42 Å². The van der Waals surface area contributed by atoms with Crippen LogP contribution in [-0.2, 0) is 16.2 Å². The number of furan rings is 1. The molecule has 0 bridgehead atoms. The van der Waals surface area contributed by atoms with Crippen molar-refractivity contribution in [1.29, 1.82) is 0 Å². The number of nitrogens with zero attached hydrogens (tertiary/aromatic N) is 2. The van der Waals surface area contributed by atoms with E-state index in [0.29, 0.717) is 0 Å². The molecule has 0 amide bonds. The predicted molar refractivity (Wildman–Crippen MR) is 327 cm³/mol. The van der Waals surface area contributed by atoms with Gasteiger partial charge in [0.25, 0.3) is 0 Å². The molecule has 10 aromatic carbocycles. The van der Waals surface area contributed by atoms with Crippen molar-refractivity contribution in [2.45, 2.75) is 77.4 Å². The summed E-state index contributed by atoms with van der Waals surface area (Å²) in [6.07, 6.45) is 0. The van der Waals surface area contributed by atoms with Gasteiger partial charge in [-0.25, -0.2) is 0 Å². The SMILES string of the molecule is C[SiH2]c1ccc(N(c2ccc(C(C)(C)C)cc2)c2cc3c(c4ccccc24)-c2c(cc(N(c4ccc([SiH](C)C)cc4)c4ccc(C(C)(C)C)cc4)c4c2oc2ccccc24)C32c3ccccc3-c3ccccc32)cc1. The third-order valence-corrected chi connectivity index (χ3v) is 19.6. The van der Waals surface area contributed by atoms with Gasteiger partial charge in [0, 0.05) is 39.1 Å². The van der Waals surface area contributed by atoms with Crippen LogP contribution in [0.25, 0.3) is 55.0 Å². The normalized spacial score (nSPS) is 13.6. The van der Waals surface area contributed by atoms with Crippen molar-refractivity contribution in [3.8, 4) is 22.3 Å². The summed E-state index contributed by atoms with van der Waals surface area (Å²) in [5.74, 6) is 0. The quantitative estimate of drug-likeness (QED) is 0.141. The number of para-hydroxylation sites is 1. The number of anilines is 6. The van der Waals surface area contributed by atoms with E-state index in [0.717, 1.165) is 61.6 Å². The summed E-state index contributed by atoms with van der Waals surface area (Å²) in [5.41, 5.74) is 20.5. The summed E-state index contributed by atoms with van der Waals surface area (Å²) < 4.78 is 7.51. The van der Waals surface area contributed by atoms with Gasteiger partial charge in [-0.1, -0.05) is 211 Å². The molecule has 0 unspecified atom stereocenters. The monoisotopic (exact) mass is 1000 g/mol. The first-order chi connectivity index (χ1) is 36.2. The largest absolute Gasteiger partial charge is 0.455 e. The van der Waals surface area contributed by atoms with Crippen LogP contribution in [0.5, 0.6) is 0 Å². The highest BCUT2D eigenvalue weighted by molar-refractivity contribution is 6.70. The van der Waals surface area contributed by atoms with E-state index in [1.165, 1.54) is 71.2 Å². The van der Waals surface area contributed by atoms with Gasteiger partial charge in [-0.05, 0) is 133 Å². The van der Waals surface area contributed by atoms with Crippen molar-refractivity contribution in [1.82, 2.24) is 0 Å². The zero-order chi connectivity index (χ0) is 51.5. The molecule has 0 saturated carbocycles. The van der Waals surface area contributed by atoms with Crippen LogP contribution in [0, 0.1) is 0 Å². The van der Waals surface area contributed by atoms with Crippen molar-refractivity contribution in [2.75, 3.05) is 9.80 Å². The van der Waals surface area contributed by atoms with E-state index in [4.69, 9.17) is 4.42 Å². The van der Waals surface area contributed by atoms with Crippen LogP contribution in [0.4, 0.5) is 34.1 Å². The molecule has 0 saturated heterocycles. The molecule has 0 fully saturated rings. The minimum Gasteiger partial charge on any atom is -0.455 e. The lowest BCUT2D eigenvalue weighted by Gasteiger charge is -2.34. The Morgan fingerprint density at radius 2 is 0.880 bits per heavy atom. The first-order valence-corrected chi connectivity index (χ1v) is 32.0. The minimum absolute atomic E-state index is 0.00348. The Bertz CT molecular complexity index is 3980. The van der Waals surface area contributed by atoms with Crippen LogP contribution in [-0.4, -0.2) is 18.3 Å². The van der Waals surface area contributed by atoms with Crippen molar-refractivity contribution in [3.05, 3.63) is 240 Å². The summed E-state index contributed by atoms with van der Waals surface area (Å²) in [5, 5.41) is 7.52. The van der Waals surface area contributed by atoms with E-state index in [1.54, 1.807) is 0 Å². The maximum Gasteiger partial charge on any atom is 0.145 e. The predicted octanol–water partition coefficient (Wildman–Crippen LogP) is 17.2. The van der Waals surface area contributed by atoms with E-state index in [1.807, 2.05) is 0 Å². The molecule has 1 spiro atoms. The molecule has 2 aliphatic carbocycles. The number of rotatable bonds is 8.